The summed E-state index contributed by atoms with van der Waals surface area (Å²) in [4.78, 5) is 10.5. The topological polar surface area (TPSA) is 64.3 Å². The van der Waals surface area contributed by atoms with Crippen LogP contribution in [0.4, 0.5) is 19.1 Å². The first kappa shape index (κ1) is 16.9. The van der Waals surface area contributed by atoms with E-state index in [1.165, 1.54) is 6.07 Å². The van der Waals surface area contributed by atoms with Crippen LogP contribution in [0.15, 0.2) is 18.2 Å². The number of nitrogens with two attached hydrogens (primary N) is 1. The molecular formula is C19H19F3N4O. The van der Waals surface area contributed by atoms with Crippen molar-refractivity contribution in [3.05, 3.63) is 40.8 Å². The minimum atomic E-state index is -2.98. The Morgan fingerprint density at radius 3 is 2.52 bits per heavy atom. The quantitative estimate of drug-likeness (QED) is 0.892. The average molecular weight is 376 g/mol. The summed E-state index contributed by atoms with van der Waals surface area (Å²) in [6.45, 7) is 2.01. The number of halogens is 3. The first-order valence-corrected chi connectivity index (χ1v) is 9.09. The SMILES string of the molecule is NC1(c2ccc(-c3nc(N4CCC4)nc4c3CCC4(F)F)cc2F)COC1. The molecule has 2 fully saturated rings. The molecule has 1 aromatic carbocycles. The highest BCUT2D eigenvalue weighted by atomic mass is 19.3. The molecule has 0 atom stereocenters. The van der Waals surface area contributed by atoms with Gasteiger partial charge in [-0.3, -0.25) is 0 Å². The van der Waals surface area contributed by atoms with Crippen LogP contribution in [0, 0.1) is 5.82 Å². The molecule has 2 saturated heterocycles. The summed E-state index contributed by atoms with van der Waals surface area (Å²) in [5.74, 6) is -3.15. The van der Waals surface area contributed by atoms with Crippen LogP contribution in [0.2, 0.25) is 0 Å². The summed E-state index contributed by atoms with van der Waals surface area (Å²) >= 11 is 0. The number of ether oxygens (including phenoxy) is 1. The molecule has 2 aromatic rings. The third kappa shape index (κ3) is 2.54. The van der Waals surface area contributed by atoms with Crippen LogP contribution in [0.3, 0.4) is 0 Å². The molecule has 3 aliphatic rings. The zero-order valence-corrected chi connectivity index (χ0v) is 14.6. The number of hydrogen-bond acceptors (Lipinski definition) is 5. The van der Waals surface area contributed by atoms with E-state index in [-0.39, 0.29) is 31.7 Å². The van der Waals surface area contributed by atoms with E-state index in [9.17, 15) is 13.2 Å². The van der Waals surface area contributed by atoms with Crippen molar-refractivity contribution in [2.75, 3.05) is 31.2 Å². The Labute approximate surface area is 154 Å². The summed E-state index contributed by atoms with van der Waals surface area (Å²) in [6.07, 6.45) is 0.864. The first-order chi connectivity index (χ1) is 12.9. The van der Waals surface area contributed by atoms with Gasteiger partial charge in [0, 0.05) is 36.2 Å². The van der Waals surface area contributed by atoms with Crippen LogP contribution in [-0.2, 0) is 22.6 Å². The Balaban J connectivity index is 1.62. The molecule has 2 aliphatic heterocycles. The largest absolute Gasteiger partial charge is 0.377 e. The third-order valence-corrected chi connectivity index (χ3v) is 5.67. The molecule has 1 aromatic heterocycles. The molecule has 2 N–H and O–H groups in total. The van der Waals surface area contributed by atoms with Crippen molar-refractivity contribution in [2.24, 2.45) is 5.73 Å². The van der Waals surface area contributed by atoms with Crippen LogP contribution in [0.25, 0.3) is 11.3 Å². The second-order valence-electron chi connectivity index (χ2n) is 7.59. The van der Waals surface area contributed by atoms with Gasteiger partial charge in [0.15, 0.2) is 0 Å². The van der Waals surface area contributed by atoms with Gasteiger partial charge in [-0.05, 0) is 18.9 Å². The van der Waals surface area contributed by atoms with E-state index in [2.05, 4.69) is 9.97 Å². The van der Waals surface area contributed by atoms with Gasteiger partial charge in [-0.1, -0.05) is 12.1 Å². The Kier molecular flexibility index (Phi) is 3.55. The zero-order valence-electron chi connectivity index (χ0n) is 14.6. The second-order valence-corrected chi connectivity index (χ2v) is 7.59. The monoisotopic (exact) mass is 376 g/mol. The van der Waals surface area contributed by atoms with E-state index in [4.69, 9.17) is 10.5 Å². The van der Waals surface area contributed by atoms with Crippen molar-refractivity contribution in [1.82, 2.24) is 9.97 Å². The lowest BCUT2D eigenvalue weighted by Gasteiger charge is -2.38. The molecular weight excluding hydrogens is 357 g/mol. The molecule has 142 valence electrons. The maximum atomic E-state index is 14.8. The molecule has 8 heteroatoms. The minimum absolute atomic E-state index is 0.177. The zero-order chi connectivity index (χ0) is 18.8. The van der Waals surface area contributed by atoms with E-state index in [1.54, 1.807) is 12.1 Å². The maximum Gasteiger partial charge on any atom is 0.290 e. The number of rotatable bonds is 3. The number of fused-ring (bicyclic) bond motifs is 1. The summed E-state index contributed by atoms with van der Waals surface area (Å²) in [5.41, 5.74) is 6.72. The highest BCUT2D eigenvalue weighted by Crippen LogP contribution is 2.45. The van der Waals surface area contributed by atoms with Crippen LogP contribution in [-0.4, -0.2) is 36.3 Å². The molecule has 1 aliphatic carbocycles. The van der Waals surface area contributed by atoms with Crippen molar-refractivity contribution >= 4 is 5.95 Å². The van der Waals surface area contributed by atoms with E-state index in [0.29, 0.717) is 28.3 Å². The summed E-state index contributed by atoms with van der Waals surface area (Å²) < 4.78 is 48.5. The molecule has 0 radical (unpaired) electrons. The molecule has 0 unspecified atom stereocenters. The lowest BCUT2D eigenvalue weighted by molar-refractivity contribution is -0.0584. The standard InChI is InChI=1S/C19H19F3N4O/c20-14-8-11(2-3-13(14)18(23)9-27-10-18)15-12-4-5-19(21,22)16(12)25-17(24-15)26-6-1-7-26/h2-3,8H,1,4-7,9-10,23H2. The van der Waals surface area contributed by atoms with E-state index in [0.717, 1.165) is 19.5 Å². The Morgan fingerprint density at radius 1 is 1.15 bits per heavy atom. The molecule has 3 heterocycles. The predicted octanol–water partition coefficient (Wildman–Crippen LogP) is 2.72. The highest BCUT2D eigenvalue weighted by molar-refractivity contribution is 5.68. The van der Waals surface area contributed by atoms with Crippen molar-refractivity contribution in [3.63, 3.8) is 0 Å². The van der Waals surface area contributed by atoms with Gasteiger partial charge in [-0.25, -0.2) is 14.4 Å². The fourth-order valence-electron chi connectivity index (χ4n) is 3.85. The average Bonchev–Trinajstić information content (AvgIpc) is 2.86. The van der Waals surface area contributed by atoms with E-state index in [1.807, 2.05) is 4.90 Å². The summed E-state index contributed by atoms with van der Waals surface area (Å²) in [5, 5.41) is 0. The third-order valence-electron chi connectivity index (χ3n) is 5.67. The van der Waals surface area contributed by atoms with Gasteiger partial charge in [0.25, 0.3) is 5.92 Å². The maximum absolute atomic E-state index is 14.8. The van der Waals surface area contributed by atoms with Crippen molar-refractivity contribution in [3.8, 4) is 11.3 Å². The predicted molar refractivity (Wildman–Crippen MR) is 93.2 cm³/mol. The minimum Gasteiger partial charge on any atom is -0.377 e. The Morgan fingerprint density at radius 2 is 1.93 bits per heavy atom. The van der Waals surface area contributed by atoms with Gasteiger partial charge in [0.1, 0.15) is 11.5 Å². The second kappa shape index (κ2) is 5.65. The number of anilines is 1. The van der Waals surface area contributed by atoms with Crippen LogP contribution in [0.5, 0.6) is 0 Å². The van der Waals surface area contributed by atoms with Gasteiger partial charge >= 0.3 is 0 Å². The number of aromatic nitrogens is 2. The van der Waals surface area contributed by atoms with Crippen LogP contribution in [0.1, 0.15) is 29.7 Å². The number of hydrogen-bond donors (Lipinski definition) is 1. The van der Waals surface area contributed by atoms with Gasteiger partial charge in [0.2, 0.25) is 5.95 Å². The fourth-order valence-corrected chi connectivity index (χ4v) is 3.85. The number of alkyl halides is 2. The molecule has 0 spiro atoms. The molecule has 0 saturated carbocycles. The number of benzene rings is 1. The lowest BCUT2D eigenvalue weighted by Crippen LogP contribution is -2.54. The molecule has 5 nitrogen and oxygen atoms in total. The summed E-state index contributed by atoms with van der Waals surface area (Å²) in [6, 6.07) is 4.64. The van der Waals surface area contributed by atoms with Crippen molar-refractivity contribution < 1.29 is 17.9 Å². The normalized spacial score (nSPS) is 22.1. The van der Waals surface area contributed by atoms with E-state index >= 15 is 0 Å². The Hall–Kier alpha value is -2.19. The van der Waals surface area contributed by atoms with Crippen molar-refractivity contribution in [1.29, 1.82) is 0 Å². The van der Waals surface area contributed by atoms with Gasteiger partial charge in [-0.2, -0.15) is 8.78 Å². The van der Waals surface area contributed by atoms with Crippen LogP contribution < -0.4 is 10.6 Å². The number of nitrogens with zero attached hydrogens (tertiary/aromatic N) is 3. The molecule has 0 bridgehead atoms. The van der Waals surface area contributed by atoms with Crippen LogP contribution >= 0.6 is 0 Å². The fraction of sp³-hybridized carbons (Fsp3) is 0.474. The lowest BCUT2D eigenvalue weighted by atomic mass is 9.87. The highest BCUT2D eigenvalue weighted by Gasteiger charge is 2.44. The Bertz CT molecular complexity index is 925. The summed E-state index contributed by atoms with van der Waals surface area (Å²) in [7, 11) is 0. The van der Waals surface area contributed by atoms with Gasteiger partial charge < -0.3 is 15.4 Å². The van der Waals surface area contributed by atoms with Gasteiger partial charge in [0.05, 0.1) is 24.4 Å². The van der Waals surface area contributed by atoms with E-state index < -0.39 is 17.3 Å². The van der Waals surface area contributed by atoms with Crippen molar-refractivity contribution in [2.45, 2.75) is 30.7 Å². The van der Waals surface area contributed by atoms with Gasteiger partial charge in [-0.15, -0.1) is 0 Å². The smallest absolute Gasteiger partial charge is 0.290 e. The molecule has 27 heavy (non-hydrogen) atoms. The first-order valence-electron chi connectivity index (χ1n) is 9.09. The molecule has 0 amide bonds. The molecule has 5 rings (SSSR count).